The van der Waals surface area contributed by atoms with Gasteiger partial charge in [0, 0.05) is 13.0 Å². The average molecular weight is 489 g/mol. The average Bonchev–Trinajstić information content (AvgIpc) is 3.24. The van der Waals surface area contributed by atoms with E-state index in [9.17, 15) is 22.4 Å². The number of nitrogens with one attached hydrogen (secondary N) is 1. The zero-order valence-corrected chi connectivity index (χ0v) is 18.1. The molecule has 1 amide bonds. The quantitative estimate of drug-likeness (QED) is 0.565. The van der Waals surface area contributed by atoms with E-state index in [4.69, 9.17) is 18.6 Å². The van der Waals surface area contributed by atoms with Gasteiger partial charge in [0.25, 0.3) is 5.91 Å². The maximum Gasteiger partial charge on any atom is 0.522 e. The Hall–Kier alpha value is -2.77. The fourth-order valence-electron chi connectivity index (χ4n) is 3.88. The maximum atomic E-state index is 12.9. The number of carbonyl (C=O) groups is 1. The minimum atomic E-state index is -4.67. The van der Waals surface area contributed by atoms with Gasteiger partial charge in [-0.1, -0.05) is 0 Å². The second kappa shape index (κ2) is 10.2. The van der Waals surface area contributed by atoms with Crippen molar-refractivity contribution < 1.29 is 45.7 Å². The number of benzene rings is 1. The lowest BCUT2D eigenvalue weighted by molar-refractivity contribution is -0.352. The number of ether oxygens (including phenoxy) is 4. The lowest BCUT2D eigenvalue weighted by Gasteiger charge is -2.34. The van der Waals surface area contributed by atoms with Crippen LogP contribution in [0.3, 0.4) is 0 Å². The van der Waals surface area contributed by atoms with Crippen molar-refractivity contribution in [1.29, 1.82) is 0 Å². The van der Waals surface area contributed by atoms with Gasteiger partial charge in [-0.05, 0) is 43.5 Å². The van der Waals surface area contributed by atoms with Gasteiger partial charge >= 0.3 is 6.36 Å². The zero-order valence-electron chi connectivity index (χ0n) is 18.1. The number of aromatic nitrogens is 2. The molecule has 1 aliphatic heterocycles. The number of hydrogen-bond donors (Lipinski definition) is 1. The van der Waals surface area contributed by atoms with Gasteiger partial charge in [0.1, 0.15) is 11.6 Å². The van der Waals surface area contributed by atoms with Crippen LogP contribution in [0.2, 0.25) is 0 Å². The Morgan fingerprint density at radius 1 is 1.15 bits per heavy atom. The lowest BCUT2D eigenvalue weighted by atomic mass is 9.82. The van der Waals surface area contributed by atoms with E-state index in [2.05, 4.69) is 20.3 Å². The van der Waals surface area contributed by atoms with Crippen molar-refractivity contribution in [3.8, 4) is 5.75 Å². The standard InChI is InChI=1S/C21H23F4N3O6/c1-30-16-8-13(26-17(29)10-31-14-4-2-12(22)3-5-14)9-32-18(16)20-28-27-19(33-20)11-6-15(7-11)34-21(23,24)25/h2-5,11,13,15-16,18H,6-10H2,1H3,(H,26,29)/t11?,13-,15?,16+,18+/m0/s1. The minimum absolute atomic E-state index is 0.133. The Kier molecular flexibility index (Phi) is 7.33. The van der Waals surface area contributed by atoms with Crippen LogP contribution in [0.4, 0.5) is 17.6 Å². The largest absolute Gasteiger partial charge is 0.522 e. The van der Waals surface area contributed by atoms with E-state index in [0.29, 0.717) is 12.2 Å². The van der Waals surface area contributed by atoms with Crippen LogP contribution in [0.15, 0.2) is 28.7 Å². The summed E-state index contributed by atoms with van der Waals surface area (Å²) in [6.45, 7) is -0.105. The van der Waals surface area contributed by atoms with E-state index in [0.717, 1.165) is 0 Å². The van der Waals surface area contributed by atoms with Gasteiger partial charge in [-0.25, -0.2) is 4.39 Å². The molecule has 34 heavy (non-hydrogen) atoms. The molecular weight excluding hydrogens is 466 g/mol. The van der Waals surface area contributed by atoms with Crippen LogP contribution in [-0.2, 0) is 19.0 Å². The highest BCUT2D eigenvalue weighted by Gasteiger charge is 2.43. The molecule has 2 aliphatic rings. The Morgan fingerprint density at radius 2 is 1.85 bits per heavy atom. The number of amides is 1. The summed E-state index contributed by atoms with van der Waals surface area (Å²) >= 11 is 0. The molecule has 2 fully saturated rings. The molecule has 186 valence electrons. The van der Waals surface area contributed by atoms with Crippen molar-refractivity contribution in [3.63, 3.8) is 0 Å². The second-order valence-electron chi connectivity index (χ2n) is 8.10. The summed E-state index contributed by atoms with van der Waals surface area (Å²) in [6, 6.07) is 4.94. The molecular formula is C21H23F4N3O6. The number of alkyl halides is 3. The van der Waals surface area contributed by atoms with Crippen molar-refractivity contribution in [1.82, 2.24) is 15.5 Å². The fourth-order valence-corrected chi connectivity index (χ4v) is 3.88. The molecule has 2 heterocycles. The zero-order chi connectivity index (χ0) is 24.3. The monoisotopic (exact) mass is 489 g/mol. The van der Waals surface area contributed by atoms with Crippen molar-refractivity contribution in [3.05, 3.63) is 41.9 Å². The van der Waals surface area contributed by atoms with Crippen LogP contribution in [0, 0.1) is 5.82 Å². The van der Waals surface area contributed by atoms with Crippen molar-refractivity contribution >= 4 is 5.91 Å². The van der Waals surface area contributed by atoms with Gasteiger partial charge in [0.05, 0.1) is 24.9 Å². The first-order chi connectivity index (χ1) is 16.2. The van der Waals surface area contributed by atoms with Crippen molar-refractivity contribution in [2.24, 2.45) is 0 Å². The second-order valence-corrected chi connectivity index (χ2v) is 8.10. The summed E-state index contributed by atoms with van der Waals surface area (Å²) in [6.07, 6.45) is -6.12. The third kappa shape index (κ3) is 6.21. The third-order valence-corrected chi connectivity index (χ3v) is 5.63. The molecule has 1 aromatic heterocycles. The van der Waals surface area contributed by atoms with Crippen LogP contribution < -0.4 is 10.1 Å². The summed E-state index contributed by atoms with van der Waals surface area (Å²) in [7, 11) is 1.48. The van der Waals surface area contributed by atoms with Gasteiger partial charge in [-0.3, -0.25) is 9.53 Å². The first-order valence-electron chi connectivity index (χ1n) is 10.6. The van der Waals surface area contributed by atoms with E-state index in [-0.39, 0.29) is 55.7 Å². The molecule has 0 bridgehead atoms. The van der Waals surface area contributed by atoms with Crippen LogP contribution in [0.25, 0.3) is 0 Å². The molecule has 1 saturated heterocycles. The smallest absolute Gasteiger partial charge is 0.484 e. The molecule has 9 nitrogen and oxygen atoms in total. The Bertz CT molecular complexity index is 964. The van der Waals surface area contributed by atoms with Crippen molar-refractivity contribution in [2.75, 3.05) is 20.3 Å². The highest BCUT2D eigenvalue weighted by molar-refractivity contribution is 5.77. The number of halogens is 4. The molecule has 1 aromatic carbocycles. The summed E-state index contributed by atoms with van der Waals surface area (Å²) < 4.78 is 76.0. The fraction of sp³-hybridized carbons (Fsp3) is 0.571. The molecule has 1 N–H and O–H groups in total. The van der Waals surface area contributed by atoms with E-state index >= 15 is 0 Å². The maximum absolute atomic E-state index is 12.9. The number of nitrogens with zero attached hydrogens (tertiary/aromatic N) is 2. The minimum Gasteiger partial charge on any atom is -0.484 e. The Labute approximate surface area is 191 Å². The Morgan fingerprint density at radius 3 is 2.53 bits per heavy atom. The van der Waals surface area contributed by atoms with Gasteiger partial charge < -0.3 is 23.9 Å². The van der Waals surface area contributed by atoms with Crippen molar-refractivity contribution in [2.45, 2.75) is 55.9 Å². The molecule has 2 aromatic rings. The van der Waals surface area contributed by atoms with Gasteiger partial charge in [0.15, 0.2) is 12.7 Å². The number of carbonyl (C=O) groups excluding carboxylic acids is 1. The topological polar surface area (TPSA) is 105 Å². The highest BCUT2D eigenvalue weighted by atomic mass is 19.4. The van der Waals surface area contributed by atoms with E-state index in [1.165, 1.54) is 31.4 Å². The number of hydrogen-bond acceptors (Lipinski definition) is 8. The summed E-state index contributed by atoms with van der Waals surface area (Å²) in [5.41, 5.74) is 0. The van der Waals surface area contributed by atoms with Gasteiger partial charge in [-0.15, -0.1) is 23.4 Å². The summed E-state index contributed by atoms with van der Waals surface area (Å²) in [5, 5.41) is 10.7. The van der Waals surface area contributed by atoms with E-state index < -0.39 is 30.5 Å². The summed E-state index contributed by atoms with van der Waals surface area (Å²) in [5.74, 6) is -0.355. The van der Waals surface area contributed by atoms with Crippen LogP contribution in [0.5, 0.6) is 5.75 Å². The van der Waals surface area contributed by atoms with Crippen LogP contribution in [-0.4, -0.2) is 61.0 Å². The molecule has 3 atom stereocenters. The number of rotatable bonds is 8. The van der Waals surface area contributed by atoms with Crippen LogP contribution >= 0.6 is 0 Å². The first kappa shape index (κ1) is 24.4. The molecule has 13 heteroatoms. The molecule has 0 spiro atoms. The third-order valence-electron chi connectivity index (χ3n) is 5.63. The lowest BCUT2D eigenvalue weighted by Crippen LogP contribution is -2.48. The molecule has 1 saturated carbocycles. The normalized spacial score (nSPS) is 27.1. The van der Waals surface area contributed by atoms with Gasteiger partial charge in [-0.2, -0.15) is 0 Å². The van der Waals surface area contributed by atoms with Gasteiger partial charge in [0.2, 0.25) is 11.8 Å². The van der Waals surface area contributed by atoms with E-state index in [1.54, 1.807) is 0 Å². The summed E-state index contributed by atoms with van der Waals surface area (Å²) in [4.78, 5) is 12.2. The Balaban J connectivity index is 1.25. The predicted octanol–water partition coefficient (Wildman–Crippen LogP) is 3.03. The van der Waals surface area contributed by atoms with E-state index in [1.807, 2.05) is 0 Å². The number of methoxy groups -OCH3 is 1. The van der Waals surface area contributed by atoms with Crippen LogP contribution in [0.1, 0.15) is 43.1 Å². The highest BCUT2D eigenvalue weighted by Crippen LogP contribution is 2.41. The first-order valence-corrected chi connectivity index (χ1v) is 10.6. The molecule has 0 unspecified atom stereocenters. The molecule has 4 rings (SSSR count). The molecule has 0 radical (unpaired) electrons. The predicted molar refractivity (Wildman–Crippen MR) is 105 cm³/mol. The SMILES string of the molecule is CO[C@@H]1C[C@H](NC(=O)COc2ccc(F)cc2)CO[C@H]1c1nnc(C2CC(OC(F)(F)F)C2)o1. The molecule has 1 aliphatic carbocycles.